The van der Waals surface area contributed by atoms with Crippen LogP contribution in [0.3, 0.4) is 0 Å². The van der Waals surface area contributed by atoms with E-state index in [4.69, 9.17) is 9.72 Å². The van der Waals surface area contributed by atoms with E-state index in [0.717, 1.165) is 78.1 Å². The van der Waals surface area contributed by atoms with Gasteiger partial charge in [-0.25, -0.2) is 4.98 Å². The first kappa shape index (κ1) is 38.4. The molecule has 0 saturated heterocycles. The molecule has 10 aromatic rings. The summed E-state index contributed by atoms with van der Waals surface area (Å²) < 4.78 is 36.8. The van der Waals surface area contributed by atoms with Gasteiger partial charge in [0, 0.05) is 51.5 Å². The molecule has 11 rings (SSSR count). The van der Waals surface area contributed by atoms with Gasteiger partial charge in [-0.2, -0.15) is 0 Å². The van der Waals surface area contributed by atoms with Gasteiger partial charge in [-0.3, -0.25) is 4.57 Å². The first-order valence-corrected chi connectivity index (χ1v) is 23.1. The molecule has 0 N–H and O–H groups in total. The molecule has 2 aromatic heterocycles. The lowest BCUT2D eigenvalue weighted by molar-refractivity contribution is 0.483. The summed E-state index contributed by atoms with van der Waals surface area (Å²) in [7, 11) is 0. The Labute approximate surface area is 398 Å². The van der Waals surface area contributed by atoms with Gasteiger partial charge in [0.1, 0.15) is 24.0 Å². The Balaban J connectivity index is 1.03. The van der Waals surface area contributed by atoms with Crippen molar-refractivity contribution in [2.24, 2.45) is 0 Å². The SMILES string of the molecule is [2H]c1c(Oc2ccc3c4cc(C(C)(C)C)ccc4n(-c4cc(C(C)(C)C)c(-c5ccccc5)cn4)c3c2)cc(N2CN(c3c(-c4ccccc4)cccc3-c3ccccc3)c3ccccc32)c([2H])c1[2H]. The Morgan fingerprint density at radius 1 is 0.507 bits per heavy atom. The molecule has 5 nitrogen and oxygen atoms in total. The Morgan fingerprint density at radius 2 is 1.12 bits per heavy atom. The zero-order chi connectivity index (χ0) is 48.5. The zero-order valence-corrected chi connectivity index (χ0v) is 38.8. The summed E-state index contributed by atoms with van der Waals surface area (Å²) in [5, 5.41) is 2.16. The largest absolute Gasteiger partial charge is 0.457 e. The van der Waals surface area contributed by atoms with E-state index in [0.29, 0.717) is 18.1 Å². The number of anilines is 4. The third-order valence-corrected chi connectivity index (χ3v) is 13.0. The number of nitrogens with zero attached hydrogens (tertiary/aromatic N) is 4. The van der Waals surface area contributed by atoms with Crippen LogP contribution >= 0.6 is 0 Å². The normalized spacial score (nSPS) is 13.4. The minimum Gasteiger partial charge on any atom is -0.457 e. The van der Waals surface area contributed by atoms with Crippen LogP contribution in [0.5, 0.6) is 11.5 Å². The summed E-state index contributed by atoms with van der Waals surface area (Å²) in [4.78, 5) is 9.56. The van der Waals surface area contributed by atoms with Gasteiger partial charge < -0.3 is 14.5 Å². The van der Waals surface area contributed by atoms with Gasteiger partial charge in [0.05, 0.1) is 32.2 Å². The molecule has 0 amide bonds. The number of fused-ring (bicyclic) bond motifs is 4. The summed E-state index contributed by atoms with van der Waals surface area (Å²) in [5.41, 5.74) is 14.0. The lowest BCUT2D eigenvalue weighted by atomic mass is 9.82. The van der Waals surface area contributed by atoms with E-state index in [9.17, 15) is 4.11 Å². The average molecular weight is 874 g/mol. The molecule has 0 unspecified atom stereocenters. The van der Waals surface area contributed by atoms with Crippen LogP contribution in [-0.2, 0) is 10.8 Å². The third-order valence-electron chi connectivity index (χ3n) is 13.0. The van der Waals surface area contributed by atoms with Gasteiger partial charge in [0.2, 0.25) is 0 Å². The quantitative estimate of drug-likeness (QED) is 0.152. The van der Waals surface area contributed by atoms with Crippen molar-refractivity contribution in [3.05, 3.63) is 217 Å². The summed E-state index contributed by atoms with van der Waals surface area (Å²) in [6, 6.07) is 62.3. The number of aromatic nitrogens is 2. The van der Waals surface area contributed by atoms with E-state index in [1.165, 1.54) is 11.1 Å². The van der Waals surface area contributed by atoms with E-state index >= 15 is 0 Å². The second-order valence-electron chi connectivity index (χ2n) is 19.5. The van der Waals surface area contributed by atoms with Crippen molar-refractivity contribution in [3.63, 3.8) is 0 Å². The molecule has 3 heterocycles. The van der Waals surface area contributed by atoms with Crippen LogP contribution in [0.25, 0.3) is 61.0 Å². The van der Waals surface area contributed by atoms with Gasteiger partial charge in [0.15, 0.2) is 0 Å². The summed E-state index contributed by atoms with van der Waals surface area (Å²) in [5.74, 6) is 1.50. The maximum atomic E-state index is 9.39. The second-order valence-corrected chi connectivity index (χ2v) is 19.5. The van der Waals surface area contributed by atoms with Crippen LogP contribution in [-0.4, -0.2) is 16.2 Å². The van der Waals surface area contributed by atoms with Crippen molar-refractivity contribution >= 4 is 44.6 Å². The summed E-state index contributed by atoms with van der Waals surface area (Å²) >= 11 is 0. The van der Waals surface area contributed by atoms with Crippen LogP contribution in [0, 0.1) is 0 Å². The molecule has 0 bridgehead atoms. The van der Waals surface area contributed by atoms with E-state index in [1.54, 1.807) is 6.07 Å². The number of para-hydroxylation sites is 3. The highest BCUT2D eigenvalue weighted by Gasteiger charge is 2.32. The fourth-order valence-electron chi connectivity index (χ4n) is 9.64. The molecular formula is C62H54N4O. The standard InChI is InChI=1S/C62H54N4O/c1-61(2,3)45-32-35-55-52(36-45)51-34-33-48(38-58(51)66(55)59-39-54(62(4,5)6)53(40-63-59)44-24-14-9-15-25-44)67-47-27-18-26-46(37-47)64-41-65(57-31-17-16-30-56(57)64)60-49(42-20-10-7-11-21-42)28-19-29-50(60)43-22-12-8-13-23-43/h7-40H,41H2,1-6H3/i18D,26D,27D. The van der Waals surface area contributed by atoms with Gasteiger partial charge in [-0.05, 0) is 93.2 Å². The molecule has 1 aliphatic rings. The van der Waals surface area contributed by atoms with Gasteiger partial charge in [-0.1, -0.05) is 175 Å². The number of pyridine rings is 1. The second kappa shape index (κ2) is 16.5. The number of hydrogen-bond donors (Lipinski definition) is 0. The van der Waals surface area contributed by atoms with Crippen molar-refractivity contribution < 1.29 is 8.85 Å². The Morgan fingerprint density at radius 3 is 1.75 bits per heavy atom. The first-order valence-electron chi connectivity index (χ1n) is 24.6. The fourth-order valence-corrected chi connectivity index (χ4v) is 9.64. The molecule has 0 fully saturated rings. The summed E-state index contributed by atoms with van der Waals surface area (Å²) in [6.45, 7) is 13.8. The van der Waals surface area contributed by atoms with Crippen molar-refractivity contribution in [3.8, 4) is 50.7 Å². The van der Waals surface area contributed by atoms with E-state index in [2.05, 4.69) is 189 Å². The zero-order valence-electron chi connectivity index (χ0n) is 41.8. The molecule has 1 aliphatic heterocycles. The molecule has 8 aromatic carbocycles. The molecular weight excluding hydrogens is 817 g/mol. The van der Waals surface area contributed by atoms with Gasteiger partial charge >= 0.3 is 0 Å². The molecule has 0 radical (unpaired) electrons. The highest BCUT2D eigenvalue weighted by atomic mass is 16.5. The Bertz CT molecular complexity index is 3560. The van der Waals surface area contributed by atoms with Crippen LogP contribution in [0.15, 0.2) is 206 Å². The van der Waals surface area contributed by atoms with Crippen LogP contribution in [0.4, 0.5) is 22.7 Å². The molecule has 67 heavy (non-hydrogen) atoms. The predicted molar refractivity (Wildman–Crippen MR) is 281 cm³/mol. The van der Waals surface area contributed by atoms with Crippen molar-refractivity contribution in [2.75, 3.05) is 16.5 Å². The van der Waals surface area contributed by atoms with Crippen molar-refractivity contribution in [2.45, 2.75) is 52.4 Å². The highest BCUT2D eigenvalue weighted by Crippen LogP contribution is 2.50. The van der Waals surface area contributed by atoms with Crippen LogP contribution in [0.1, 0.15) is 56.8 Å². The minimum absolute atomic E-state index is 0.0430. The van der Waals surface area contributed by atoms with Gasteiger partial charge in [0.25, 0.3) is 0 Å². The van der Waals surface area contributed by atoms with Crippen molar-refractivity contribution in [1.82, 2.24) is 9.55 Å². The molecule has 0 atom stereocenters. The fraction of sp³-hybridized carbons (Fsp3) is 0.145. The van der Waals surface area contributed by atoms with Gasteiger partial charge in [-0.15, -0.1) is 0 Å². The maximum absolute atomic E-state index is 9.39. The molecule has 0 spiro atoms. The van der Waals surface area contributed by atoms with E-state index in [1.807, 2.05) is 48.7 Å². The molecule has 0 aliphatic carbocycles. The monoisotopic (exact) mass is 873 g/mol. The number of benzene rings is 8. The number of ether oxygens (including phenoxy) is 1. The third kappa shape index (κ3) is 7.70. The predicted octanol–water partition coefficient (Wildman–Crippen LogP) is 16.8. The smallest absolute Gasteiger partial charge is 0.137 e. The Hall–Kier alpha value is -7.89. The lowest BCUT2D eigenvalue weighted by Gasteiger charge is -2.27. The highest BCUT2D eigenvalue weighted by molar-refractivity contribution is 6.10. The summed E-state index contributed by atoms with van der Waals surface area (Å²) in [6.07, 6.45) is 2.00. The minimum atomic E-state index is -0.208. The van der Waals surface area contributed by atoms with Crippen LogP contribution in [0.2, 0.25) is 0 Å². The number of rotatable bonds is 8. The lowest BCUT2D eigenvalue weighted by Crippen LogP contribution is -2.24. The van der Waals surface area contributed by atoms with Crippen LogP contribution < -0.4 is 14.5 Å². The average Bonchev–Trinajstić information content (AvgIpc) is 3.91. The molecule has 5 heteroatoms. The maximum Gasteiger partial charge on any atom is 0.137 e. The van der Waals surface area contributed by atoms with Crippen molar-refractivity contribution in [1.29, 1.82) is 0 Å². The first-order chi connectivity index (χ1) is 33.7. The number of hydrogen-bond acceptors (Lipinski definition) is 4. The molecule has 328 valence electrons. The topological polar surface area (TPSA) is 33.5 Å². The van der Waals surface area contributed by atoms with E-state index < -0.39 is 0 Å². The van der Waals surface area contributed by atoms with E-state index in [-0.39, 0.29) is 34.7 Å². The Kier molecular flexibility index (Phi) is 9.46. The molecule has 0 saturated carbocycles.